The lowest BCUT2D eigenvalue weighted by molar-refractivity contribution is -0.133. The van der Waals surface area contributed by atoms with Crippen LogP contribution in [0.15, 0.2) is 16.6 Å². The molecule has 0 saturated carbocycles. The summed E-state index contributed by atoms with van der Waals surface area (Å²) in [4.78, 5) is 22.7. The second-order valence-corrected chi connectivity index (χ2v) is 4.97. The topological polar surface area (TPSA) is 67.4 Å². The third-order valence-electron chi connectivity index (χ3n) is 2.81. The summed E-state index contributed by atoms with van der Waals surface area (Å²) in [7, 11) is 1.45. The van der Waals surface area contributed by atoms with Gasteiger partial charge in [0.2, 0.25) is 11.8 Å². The normalized spacial score (nSPS) is 19.0. The van der Waals surface area contributed by atoms with Crippen LogP contribution < -0.4 is 15.4 Å². The number of nitrogens with one attached hydrogen (secondary N) is 2. The van der Waals surface area contributed by atoms with Crippen molar-refractivity contribution in [3.05, 3.63) is 22.4 Å². The maximum absolute atomic E-state index is 13.5. The molecule has 0 aliphatic carbocycles. The Morgan fingerprint density at radius 2 is 2.21 bits per heavy atom. The molecule has 1 heterocycles. The average molecular weight is 331 g/mol. The van der Waals surface area contributed by atoms with Crippen molar-refractivity contribution in [3.8, 4) is 5.75 Å². The monoisotopic (exact) mass is 330 g/mol. The van der Waals surface area contributed by atoms with Gasteiger partial charge in [0.1, 0.15) is 17.6 Å². The van der Waals surface area contributed by atoms with Crippen molar-refractivity contribution < 1.29 is 18.7 Å². The van der Waals surface area contributed by atoms with E-state index in [2.05, 4.69) is 26.6 Å². The van der Waals surface area contributed by atoms with E-state index in [1.165, 1.54) is 19.2 Å². The van der Waals surface area contributed by atoms with E-state index in [0.717, 1.165) is 0 Å². The summed E-state index contributed by atoms with van der Waals surface area (Å²) in [6.45, 7) is 0. The standard InChI is InChI=1S/C12H12BrFN2O3/c1-19-10-4-6(13)7(14)5-9(10)15-8-2-3-11(17)16-12(8)18/h4-5,8,15H,2-3H2,1H3,(H,16,17,18). The average Bonchev–Trinajstić information content (AvgIpc) is 2.36. The highest BCUT2D eigenvalue weighted by atomic mass is 79.9. The van der Waals surface area contributed by atoms with Gasteiger partial charge in [0.05, 0.1) is 17.3 Å². The molecule has 1 unspecified atom stereocenters. The maximum atomic E-state index is 13.5. The number of anilines is 1. The Kier molecular flexibility index (Phi) is 4.04. The van der Waals surface area contributed by atoms with Crippen molar-refractivity contribution in [1.29, 1.82) is 0 Å². The molecule has 1 saturated heterocycles. The first-order valence-electron chi connectivity index (χ1n) is 5.64. The van der Waals surface area contributed by atoms with Gasteiger partial charge in [-0.15, -0.1) is 0 Å². The summed E-state index contributed by atoms with van der Waals surface area (Å²) in [5, 5.41) is 5.12. The van der Waals surface area contributed by atoms with Crippen LogP contribution in [-0.2, 0) is 9.59 Å². The molecule has 2 rings (SSSR count). The van der Waals surface area contributed by atoms with Gasteiger partial charge in [-0.25, -0.2) is 4.39 Å². The number of methoxy groups -OCH3 is 1. The fraction of sp³-hybridized carbons (Fsp3) is 0.333. The number of carbonyl (C=O) groups is 2. The lowest BCUT2D eigenvalue weighted by Gasteiger charge is -2.23. The fourth-order valence-corrected chi connectivity index (χ4v) is 2.15. The minimum absolute atomic E-state index is 0.255. The number of imide groups is 1. The third kappa shape index (κ3) is 3.04. The Bertz CT molecular complexity index is 536. The summed E-state index contributed by atoms with van der Waals surface area (Å²) in [5.41, 5.74) is 0.373. The highest BCUT2D eigenvalue weighted by Gasteiger charge is 2.27. The minimum atomic E-state index is -0.577. The Labute approximate surface area is 117 Å². The van der Waals surface area contributed by atoms with Crippen LogP contribution in [-0.4, -0.2) is 25.0 Å². The van der Waals surface area contributed by atoms with Crippen LogP contribution in [0.2, 0.25) is 0 Å². The van der Waals surface area contributed by atoms with Crippen LogP contribution in [0.5, 0.6) is 5.75 Å². The maximum Gasteiger partial charge on any atom is 0.249 e. The van der Waals surface area contributed by atoms with E-state index in [4.69, 9.17) is 4.74 Å². The molecule has 19 heavy (non-hydrogen) atoms. The Hall–Kier alpha value is -1.63. The smallest absolute Gasteiger partial charge is 0.249 e. The summed E-state index contributed by atoms with van der Waals surface area (Å²) in [6, 6.07) is 2.14. The SMILES string of the molecule is COc1cc(Br)c(F)cc1NC1CCC(=O)NC1=O. The molecule has 1 fully saturated rings. The second kappa shape index (κ2) is 5.56. The van der Waals surface area contributed by atoms with E-state index in [0.29, 0.717) is 17.9 Å². The highest BCUT2D eigenvalue weighted by molar-refractivity contribution is 9.10. The van der Waals surface area contributed by atoms with E-state index >= 15 is 0 Å². The zero-order valence-electron chi connectivity index (χ0n) is 10.1. The molecule has 1 aromatic rings. The van der Waals surface area contributed by atoms with E-state index < -0.39 is 17.8 Å². The van der Waals surface area contributed by atoms with Crippen molar-refractivity contribution in [3.63, 3.8) is 0 Å². The van der Waals surface area contributed by atoms with Gasteiger partial charge >= 0.3 is 0 Å². The first kappa shape index (κ1) is 13.8. The first-order chi connectivity index (χ1) is 9.01. The largest absolute Gasteiger partial charge is 0.495 e. The molecular formula is C12H12BrFN2O3. The van der Waals surface area contributed by atoms with Crippen molar-refractivity contribution >= 4 is 33.4 Å². The van der Waals surface area contributed by atoms with Gasteiger partial charge in [-0.05, 0) is 28.4 Å². The zero-order valence-corrected chi connectivity index (χ0v) is 11.7. The summed E-state index contributed by atoms with van der Waals surface area (Å²) in [6.07, 6.45) is 0.621. The lowest BCUT2D eigenvalue weighted by Crippen LogP contribution is -2.47. The summed E-state index contributed by atoms with van der Waals surface area (Å²) >= 11 is 3.06. The number of benzene rings is 1. The van der Waals surface area contributed by atoms with Crippen LogP contribution >= 0.6 is 15.9 Å². The second-order valence-electron chi connectivity index (χ2n) is 4.11. The van der Waals surface area contributed by atoms with Gasteiger partial charge in [0, 0.05) is 12.5 Å². The van der Waals surface area contributed by atoms with Gasteiger partial charge in [-0.3, -0.25) is 14.9 Å². The van der Waals surface area contributed by atoms with Crippen molar-refractivity contribution in [2.45, 2.75) is 18.9 Å². The molecular weight excluding hydrogens is 319 g/mol. The molecule has 0 radical (unpaired) electrons. The van der Waals surface area contributed by atoms with Crippen LogP contribution in [0.1, 0.15) is 12.8 Å². The van der Waals surface area contributed by atoms with Gasteiger partial charge < -0.3 is 10.1 Å². The predicted octanol–water partition coefficient (Wildman–Crippen LogP) is 1.81. The van der Waals surface area contributed by atoms with Crippen LogP contribution in [0.25, 0.3) is 0 Å². The number of hydrogen-bond acceptors (Lipinski definition) is 4. The zero-order chi connectivity index (χ0) is 14.0. The number of carbonyl (C=O) groups excluding carboxylic acids is 2. The number of ether oxygens (including phenoxy) is 1. The summed E-state index contributed by atoms with van der Waals surface area (Å²) < 4.78 is 18.9. The van der Waals surface area contributed by atoms with Crippen LogP contribution in [0.4, 0.5) is 10.1 Å². The van der Waals surface area contributed by atoms with Crippen molar-refractivity contribution in [2.75, 3.05) is 12.4 Å². The van der Waals surface area contributed by atoms with Gasteiger partial charge in [-0.1, -0.05) is 0 Å². The molecule has 2 amide bonds. The third-order valence-corrected chi connectivity index (χ3v) is 3.42. The van der Waals surface area contributed by atoms with Crippen LogP contribution in [0.3, 0.4) is 0 Å². The molecule has 5 nitrogen and oxygen atoms in total. The molecule has 1 aromatic carbocycles. The predicted molar refractivity (Wildman–Crippen MR) is 70.4 cm³/mol. The summed E-state index contributed by atoms with van der Waals surface area (Å²) in [5.74, 6) is -0.757. The number of amides is 2. The molecule has 102 valence electrons. The number of halogens is 2. The van der Waals surface area contributed by atoms with E-state index in [-0.39, 0.29) is 16.8 Å². The highest BCUT2D eigenvalue weighted by Crippen LogP contribution is 2.31. The van der Waals surface area contributed by atoms with Gasteiger partial charge in [0.25, 0.3) is 0 Å². The van der Waals surface area contributed by atoms with Crippen molar-refractivity contribution in [1.82, 2.24) is 5.32 Å². The van der Waals surface area contributed by atoms with E-state index in [1.807, 2.05) is 0 Å². The van der Waals surface area contributed by atoms with Gasteiger partial charge in [-0.2, -0.15) is 0 Å². The molecule has 1 aliphatic rings. The molecule has 0 spiro atoms. The fourth-order valence-electron chi connectivity index (χ4n) is 1.83. The van der Waals surface area contributed by atoms with E-state index in [9.17, 15) is 14.0 Å². The molecule has 2 N–H and O–H groups in total. The number of piperidine rings is 1. The molecule has 1 aliphatic heterocycles. The van der Waals surface area contributed by atoms with Crippen LogP contribution in [0, 0.1) is 5.82 Å². The minimum Gasteiger partial charge on any atom is -0.495 e. The Morgan fingerprint density at radius 1 is 1.47 bits per heavy atom. The number of hydrogen-bond donors (Lipinski definition) is 2. The molecule has 1 atom stereocenters. The van der Waals surface area contributed by atoms with Crippen molar-refractivity contribution in [2.24, 2.45) is 0 Å². The molecule has 0 aromatic heterocycles. The lowest BCUT2D eigenvalue weighted by atomic mass is 10.1. The Balaban J connectivity index is 2.21. The number of rotatable bonds is 3. The molecule has 0 bridgehead atoms. The quantitative estimate of drug-likeness (QED) is 0.829. The van der Waals surface area contributed by atoms with Gasteiger partial charge in [0.15, 0.2) is 0 Å². The first-order valence-corrected chi connectivity index (χ1v) is 6.44. The molecule has 7 heteroatoms. The van der Waals surface area contributed by atoms with E-state index in [1.54, 1.807) is 0 Å². The Morgan fingerprint density at radius 3 is 2.84 bits per heavy atom.